The molecule has 7 heteroatoms. The number of tetrazole rings is 1. The van der Waals surface area contributed by atoms with Gasteiger partial charge in [-0.1, -0.05) is 0 Å². The van der Waals surface area contributed by atoms with Gasteiger partial charge in [-0.2, -0.15) is 0 Å². The number of carboxylic acids is 1. The SMILES string of the molecule is O=C(O)c1ccc(-n2cnnn2)cc1N1CCCC1. The molecule has 0 saturated carbocycles. The van der Waals surface area contributed by atoms with E-state index in [0.29, 0.717) is 5.56 Å². The zero-order chi connectivity index (χ0) is 13.2. The van der Waals surface area contributed by atoms with Gasteiger partial charge in [0.15, 0.2) is 0 Å². The van der Waals surface area contributed by atoms with Crippen LogP contribution in [0, 0.1) is 0 Å². The zero-order valence-electron chi connectivity index (χ0n) is 10.2. The van der Waals surface area contributed by atoms with Gasteiger partial charge < -0.3 is 10.0 Å². The number of anilines is 1. The molecule has 1 N–H and O–H groups in total. The van der Waals surface area contributed by atoms with E-state index in [2.05, 4.69) is 20.4 Å². The summed E-state index contributed by atoms with van der Waals surface area (Å²) in [5.41, 5.74) is 1.81. The predicted octanol–water partition coefficient (Wildman–Crippen LogP) is 0.961. The number of nitrogens with zero attached hydrogens (tertiary/aromatic N) is 5. The number of benzene rings is 1. The first-order valence-corrected chi connectivity index (χ1v) is 6.11. The molecule has 1 aromatic carbocycles. The minimum atomic E-state index is -0.912. The Balaban J connectivity index is 2.06. The van der Waals surface area contributed by atoms with Gasteiger partial charge in [0.05, 0.1) is 16.9 Å². The van der Waals surface area contributed by atoms with E-state index in [0.717, 1.165) is 37.3 Å². The van der Waals surface area contributed by atoms with Gasteiger partial charge >= 0.3 is 5.97 Å². The van der Waals surface area contributed by atoms with E-state index in [1.807, 2.05) is 6.07 Å². The quantitative estimate of drug-likeness (QED) is 0.883. The third kappa shape index (κ3) is 2.14. The fourth-order valence-corrected chi connectivity index (χ4v) is 2.34. The van der Waals surface area contributed by atoms with Crippen molar-refractivity contribution in [1.29, 1.82) is 0 Å². The van der Waals surface area contributed by atoms with Crippen LogP contribution in [0.15, 0.2) is 24.5 Å². The fraction of sp³-hybridized carbons (Fsp3) is 0.333. The molecule has 3 rings (SSSR count). The molecular formula is C12H13N5O2. The van der Waals surface area contributed by atoms with Crippen molar-refractivity contribution in [2.45, 2.75) is 12.8 Å². The molecule has 2 aromatic rings. The summed E-state index contributed by atoms with van der Waals surface area (Å²) in [6.45, 7) is 1.78. The Morgan fingerprint density at radius 3 is 2.68 bits per heavy atom. The van der Waals surface area contributed by atoms with Crippen LogP contribution in [0.3, 0.4) is 0 Å². The van der Waals surface area contributed by atoms with Gasteiger partial charge in [-0.15, -0.1) is 5.10 Å². The lowest BCUT2D eigenvalue weighted by molar-refractivity contribution is 0.0697. The molecular weight excluding hydrogens is 246 g/mol. The second-order valence-electron chi connectivity index (χ2n) is 4.46. The topological polar surface area (TPSA) is 84.1 Å². The van der Waals surface area contributed by atoms with Crippen LogP contribution in [0.4, 0.5) is 5.69 Å². The van der Waals surface area contributed by atoms with Crippen molar-refractivity contribution in [3.8, 4) is 5.69 Å². The van der Waals surface area contributed by atoms with Crippen molar-refractivity contribution >= 4 is 11.7 Å². The Morgan fingerprint density at radius 2 is 2.05 bits per heavy atom. The standard InChI is InChI=1S/C12H13N5O2/c18-12(19)10-4-3-9(17-8-13-14-15-17)7-11(10)16-5-1-2-6-16/h3-4,7-8H,1-2,5-6H2,(H,18,19). The molecule has 2 heterocycles. The molecule has 98 valence electrons. The lowest BCUT2D eigenvalue weighted by atomic mass is 10.1. The molecule has 0 radical (unpaired) electrons. The van der Waals surface area contributed by atoms with Crippen molar-refractivity contribution in [1.82, 2.24) is 20.2 Å². The van der Waals surface area contributed by atoms with Crippen LogP contribution in [0.25, 0.3) is 5.69 Å². The van der Waals surface area contributed by atoms with Crippen molar-refractivity contribution in [3.05, 3.63) is 30.1 Å². The molecule has 0 bridgehead atoms. The normalized spacial score (nSPS) is 14.8. The van der Waals surface area contributed by atoms with Gasteiger partial charge in [-0.05, 0) is 41.5 Å². The molecule has 0 unspecified atom stereocenters. The Bertz CT molecular complexity index is 590. The molecule has 0 amide bonds. The van der Waals surface area contributed by atoms with E-state index in [9.17, 15) is 9.90 Å². The average Bonchev–Trinajstić information content (AvgIpc) is 3.11. The van der Waals surface area contributed by atoms with Crippen LogP contribution < -0.4 is 4.90 Å². The van der Waals surface area contributed by atoms with Crippen molar-refractivity contribution < 1.29 is 9.90 Å². The highest BCUT2D eigenvalue weighted by Gasteiger charge is 2.20. The maximum Gasteiger partial charge on any atom is 0.337 e. The predicted molar refractivity (Wildman–Crippen MR) is 67.6 cm³/mol. The Labute approximate surface area is 109 Å². The molecule has 19 heavy (non-hydrogen) atoms. The number of carbonyl (C=O) groups is 1. The molecule has 1 aliphatic heterocycles. The third-order valence-electron chi connectivity index (χ3n) is 3.27. The number of hydrogen-bond acceptors (Lipinski definition) is 5. The maximum absolute atomic E-state index is 11.3. The number of aromatic nitrogens is 4. The average molecular weight is 259 g/mol. The van der Waals surface area contributed by atoms with Crippen molar-refractivity contribution in [3.63, 3.8) is 0 Å². The molecule has 7 nitrogen and oxygen atoms in total. The van der Waals surface area contributed by atoms with Crippen LogP contribution in [-0.4, -0.2) is 44.4 Å². The number of carboxylic acid groups (broad SMARTS) is 1. The summed E-state index contributed by atoms with van der Waals surface area (Å²) in [6, 6.07) is 5.14. The molecule has 0 atom stereocenters. The van der Waals surface area contributed by atoms with E-state index in [-0.39, 0.29) is 0 Å². The number of hydrogen-bond donors (Lipinski definition) is 1. The summed E-state index contributed by atoms with van der Waals surface area (Å²) >= 11 is 0. The van der Waals surface area contributed by atoms with Gasteiger partial charge in [-0.25, -0.2) is 9.48 Å². The monoisotopic (exact) mass is 259 g/mol. The lowest BCUT2D eigenvalue weighted by Gasteiger charge is -2.20. The summed E-state index contributed by atoms with van der Waals surface area (Å²) in [4.78, 5) is 13.4. The van der Waals surface area contributed by atoms with Crippen LogP contribution in [0.5, 0.6) is 0 Å². The van der Waals surface area contributed by atoms with Gasteiger partial charge in [0, 0.05) is 13.1 Å². The molecule has 1 aromatic heterocycles. The zero-order valence-corrected chi connectivity index (χ0v) is 10.2. The van der Waals surface area contributed by atoms with Crippen LogP contribution >= 0.6 is 0 Å². The van der Waals surface area contributed by atoms with E-state index in [1.54, 1.807) is 12.1 Å². The highest BCUT2D eigenvalue weighted by Crippen LogP contribution is 2.27. The third-order valence-corrected chi connectivity index (χ3v) is 3.27. The second kappa shape index (κ2) is 4.68. The summed E-state index contributed by atoms with van der Waals surface area (Å²) in [5, 5.41) is 20.3. The van der Waals surface area contributed by atoms with E-state index in [1.165, 1.54) is 11.0 Å². The van der Waals surface area contributed by atoms with E-state index < -0.39 is 5.97 Å². The molecule has 1 saturated heterocycles. The van der Waals surface area contributed by atoms with Gasteiger partial charge in [0.1, 0.15) is 6.33 Å². The summed E-state index contributed by atoms with van der Waals surface area (Å²) < 4.78 is 1.52. The van der Waals surface area contributed by atoms with Gasteiger partial charge in [0.25, 0.3) is 0 Å². The fourth-order valence-electron chi connectivity index (χ4n) is 2.34. The molecule has 0 spiro atoms. The van der Waals surface area contributed by atoms with Crippen LogP contribution in [0.1, 0.15) is 23.2 Å². The van der Waals surface area contributed by atoms with Crippen molar-refractivity contribution in [2.75, 3.05) is 18.0 Å². The second-order valence-corrected chi connectivity index (χ2v) is 4.46. The number of rotatable bonds is 3. The largest absolute Gasteiger partial charge is 0.478 e. The highest BCUT2D eigenvalue weighted by atomic mass is 16.4. The Morgan fingerprint density at radius 1 is 1.26 bits per heavy atom. The first-order chi connectivity index (χ1) is 9.25. The highest BCUT2D eigenvalue weighted by molar-refractivity contribution is 5.95. The minimum Gasteiger partial charge on any atom is -0.478 e. The number of aromatic carboxylic acids is 1. The first-order valence-electron chi connectivity index (χ1n) is 6.11. The van der Waals surface area contributed by atoms with E-state index >= 15 is 0 Å². The smallest absolute Gasteiger partial charge is 0.337 e. The summed E-state index contributed by atoms with van der Waals surface area (Å²) in [5.74, 6) is -0.912. The first kappa shape index (κ1) is 11.6. The lowest BCUT2D eigenvalue weighted by Crippen LogP contribution is -2.21. The maximum atomic E-state index is 11.3. The summed E-state index contributed by atoms with van der Waals surface area (Å²) in [7, 11) is 0. The van der Waals surface area contributed by atoms with E-state index in [4.69, 9.17) is 0 Å². The Kier molecular flexibility index (Phi) is 2.86. The molecule has 0 aliphatic carbocycles. The Hall–Kier alpha value is -2.44. The molecule has 1 aliphatic rings. The van der Waals surface area contributed by atoms with Crippen LogP contribution in [0.2, 0.25) is 0 Å². The minimum absolute atomic E-state index is 0.318. The van der Waals surface area contributed by atoms with Crippen molar-refractivity contribution in [2.24, 2.45) is 0 Å². The molecule has 1 fully saturated rings. The van der Waals surface area contributed by atoms with Gasteiger partial charge in [-0.3, -0.25) is 0 Å². The van der Waals surface area contributed by atoms with Crippen LogP contribution in [-0.2, 0) is 0 Å². The summed E-state index contributed by atoms with van der Waals surface area (Å²) in [6.07, 6.45) is 3.67. The van der Waals surface area contributed by atoms with Gasteiger partial charge in [0.2, 0.25) is 0 Å².